The molecule has 1 aromatic carbocycles. The molecule has 1 amide bonds. The first-order valence-electron chi connectivity index (χ1n) is 6.41. The highest BCUT2D eigenvalue weighted by molar-refractivity contribution is 8.13. The van der Waals surface area contributed by atoms with Crippen molar-refractivity contribution in [2.75, 3.05) is 0 Å². The molecule has 1 N–H and O–H groups in total. The van der Waals surface area contributed by atoms with Gasteiger partial charge in [-0.25, -0.2) is 8.42 Å². The van der Waals surface area contributed by atoms with E-state index in [2.05, 4.69) is 12.2 Å². The van der Waals surface area contributed by atoms with Gasteiger partial charge in [-0.15, -0.1) is 0 Å². The van der Waals surface area contributed by atoms with Gasteiger partial charge in [0.1, 0.15) is 4.90 Å². The Morgan fingerprint density at radius 1 is 1.33 bits per heavy atom. The maximum Gasteiger partial charge on any atom is 0.262 e. The zero-order valence-corrected chi connectivity index (χ0v) is 14.7. The Morgan fingerprint density at radius 2 is 1.95 bits per heavy atom. The van der Waals surface area contributed by atoms with E-state index >= 15 is 0 Å². The Hall–Kier alpha value is -0.490. The molecule has 0 heterocycles. The summed E-state index contributed by atoms with van der Waals surface area (Å²) in [7, 11) is 1.21. The minimum Gasteiger partial charge on any atom is -0.350 e. The second kappa shape index (κ2) is 7.68. The van der Waals surface area contributed by atoms with Crippen LogP contribution in [0.25, 0.3) is 0 Å². The Labute approximate surface area is 139 Å². The van der Waals surface area contributed by atoms with Gasteiger partial charge in [0.2, 0.25) is 0 Å². The van der Waals surface area contributed by atoms with Crippen LogP contribution < -0.4 is 5.32 Å². The molecule has 0 aliphatic heterocycles. The van der Waals surface area contributed by atoms with E-state index in [9.17, 15) is 13.2 Å². The van der Waals surface area contributed by atoms with Crippen LogP contribution in [0.3, 0.4) is 0 Å². The molecule has 0 aliphatic carbocycles. The minimum absolute atomic E-state index is 0.00765. The predicted molar refractivity (Wildman–Crippen MR) is 86.0 cm³/mol. The summed E-state index contributed by atoms with van der Waals surface area (Å²) in [5.41, 5.74) is -0.00765. The van der Waals surface area contributed by atoms with Gasteiger partial charge in [0.15, 0.2) is 0 Å². The number of carbonyl (C=O) groups excluding carboxylic acids is 1. The van der Waals surface area contributed by atoms with Gasteiger partial charge in [0, 0.05) is 21.7 Å². The molecule has 1 atom stereocenters. The summed E-state index contributed by atoms with van der Waals surface area (Å²) in [6.45, 7) is 3.92. The lowest BCUT2D eigenvalue weighted by molar-refractivity contribution is 0.0938. The Kier molecular flexibility index (Phi) is 6.78. The van der Waals surface area contributed by atoms with Crippen molar-refractivity contribution in [2.45, 2.75) is 44.0 Å². The van der Waals surface area contributed by atoms with E-state index < -0.39 is 15.0 Å². The van der Waals surface area contributed by atoms with Crippen LogP contribution in [0, 0.1) is 0 Å². The van der Waals surface area contributed by atoms with Gasteiger partial charge in [-0.3, -0.25) is 4.79 Å². The Balaban J connectivity index is 3.08. The molecule has 1 unspecified atom stereocenters. The average molecular weight is 373 g/mol. The van der Waals surface area contributed by atoms with Crippen LogP contribution in [0.5, 0.6) is 0 Å². The standard InChI is InChI=1S/C13H16Cl3NO3S/c1-3-4-5-8(2)17-13(18)10-6-9(14)7-11(12(10)15)21(16,19)20/h6-8H,3-5H2,1-2H3,(H,17,18). The van der Waals surface area contributed by atoms with Gasteiger partial charge in [-0.05, 0) is 25.5 Å². The minimum atomic E-state index is -4.08. The van der Waals surface area contributed by atoms with Gasteiger partial charge in [-0.1, -0.05) is 43.0 Å². The van der Waals surface area contributed by atoms with Gasteiger partial charge in [-0.2, -0.15) is 0 Å². The van der Waals surface area contributed by atoms with Crippen molar-refractivity contribution in [3.63, 3.8) is 0 Å². The van der Waals surface area contributed by atoms with E-state index in [1.807, 2.05) is 6.92 Å². The number of amides is 1. The zero-order chi connectivity index (χ0) is 16.2. The van der Waals surface area contributed by atoms with E-state index in [1.165, 1.54) is 6.07 Å². The molecule has 118 valence electrons. The largest absolute Gasteiger partial charge is 0.350 e. The van der Waals surface area contributed by atoms with Crippen LogP contribution in [-0.4, -0.2) is 20.4 Å². The Bertz CT molecular complexity index is 632. The third-order valence-corrected chi connectivity index (χ3v) is 4.96. The van der Waals surface area contributed by atoms with Crippen LogP contribution in [-0.2, 0) is 9.05 Å². The first kappa shape index (κ1) is 18.6. The fourth-order valence-corrected chi connectivity index (χ4v) is 3.65. The maximum absolute atomic E-state index is 12.2. The Morgan fingerprint density at radius 3 is 2.48 bits per heavy atom. The van der Waals surface area contributed by atoms with Crippen molar-refractivity contribution in [1.82, 2.24) is 5.32 Å². The van der Waals surface area contributed by atoms with Crippen LogP contribution in [0.4, 0.5) is 0 Å². The lowest BCUT2D eigenvalue weighted by atomic mass is 10.1. The smallest absolute Gasteiger partial charge is 0.262 e. The van der Waals surface area contributed by atoms with E-state index in [1.54, 1.807) is 0 Å². The van der Waals surface area contributed by atoms with Gasteiger partial charge < -0.3 is 5.32 Å². The van der Waals surface area contributed by atoms with Crippen molar-refractivity contribution >= 4 is 48.8 Å². The summed E-state index contributed by atoms with van der Waals surface area (Å²) >= 11 is 11.8. The van der Waals surface area contributed by atoms with Crippen LogP contribution >= 0.6 is 33.9 Å². The first-order valence-corrected chi connectivity index (χ1v) is 9.48. The molecular weight excluding hydrogens is 357 g/mol. The number of halogens is 3. The summed E-state index contributed by atoms with van der Waals surface area (Å²) in [6.07, 6.45) is 2.82. The number of rotatable bonds is 6. The third-order valence-electron chi connectivity index (χ3n) is 2.88. The van der Waals surface area contributed by atoms with Crippen molar-refractivity contribution in [3.8, 4) is 0 Å². The van der Waals surface area contributed by atoms with Crippen molar-refractivity contribution in [1.29, 1.82) is 0 Å². The topological polar surface area (TPSA) is 63.2 Å². The number of nitrogens with one attached hydrogen (secondary N) is 1. The second-order valence-corrected chi connectivity index (χ2v) is 8.07. The highest BCUT2D eigenvalue weighted by Gasteiger charge is 2.22. The van der Waals surface area contributed by atoms with E-state index in [0.717, 1.165) is 25.3 Å². The third kappa shape index (κ3) is 5.33. The average Bonchev–Trinajstić information content (AvgIpc) is 2.37. The highest BCUT2D eigenvalue weighted by atomic mass is 35.7. The fourth-order valence-electron chi connectivity index (χ4n) is 1.79. The fraction of sp³-hybridized carbons (Fsp3) is 0.462. The molecule has 4 nitrogen and oxygen atoms in total. The van der Waals surface area contributed by atoms with Crippen molar-refractivity contribution in [2.24, 2.45) is 0 Å². The molecule has 1 rings (SSSR count). The molecule has 0 radical (unpaired) electrons. The molecule has 8 heteroatoms. The summed E-state index contributed by atoms with van der Waals surface area (Å²) in [5.74, 6) is -0.479. The normalized spacial score (nSPS) is 13.0. The molecule has 0 fully saturated rings. The van der Waals surface area contributed by atoms with Gasteiger partial charge in [0.25, 0.3) is 15.0 Å². The van der Waals surface area contributed by atoms with Gasteiger partial charge >= 0.3 is 0 Å². The number of benzene rings is 1. The van der Waals surface area contributed by atoms with Crippen LogP contribution in [0.15, 0.2) is 17.0 Å². The molecule has 0 aliphatic rings. The number of unbranched alkanes of at least 4 members (excludes halogenated alkanes) is 1. The predicted octanol–water partition coefficient (Wildman–Crippen LogP) is 4.23. The SMILES string of the molecule is CCCCC(C)NC(=O)c1cc(Cl)cc(S(=O)(=O)Cl)c1Cl. The van der Waals surface area contributed by atoms with E-state index in [-0.39, 0.29) is 26.5 Å². The molecule has 1 aromatic rings. The summed E-state index contributed by atoms with van der Waals surface area (Å²) < 4.78 is 22.9. The first-order chi connectivity index (χ1) is 9.66. The van der Waals surface area contributed by atoms with Gasteiger partial charge in [0.05, 0.1) is 10.6 Å². The van der Waals surface area contributed by atoms with Crippen molar-refractivity contribution < 1.29 is 13.2 Å². The molecular formula is C13H16Cl3NO3S. The lowest BCUT2D eigenvalue weighted by Gasteiger charge is -2.15. The molecule has 0 saturated heterocycles. The van der Waals surface area contributed by atoms with E-state index in [4.69, 9.17) is 33.9 Å². The molecule has 21 heavy (non-hydrogen) atoms. The zero-order valence-electron chi connectivity index (χ0n) is 11.6. The van der Waals surface area contributed by atoms with Crippen molar-refractivity contribution in [3.05, 3.63) is 27.7 Å². The van der Waals surface area contributed by atoms with E-state index in [0.29, 0.717) is 0 Å². The lowest BCUT2D eigenvalue weighted by Crippen LogP contribution is -2.32. The van der Waals surface area contributed by atoms with Crippen LogP contribution in [0.2, 0.25) is 10.0 Å². The summed E-state index contributed by atoms with van der Waals surface area (Å²) in [5, 5.41) is 2.60. The number of hydrogen-bond acceptors (Lipinski definition) is 3. The number of hydrogen-bond donors (Lipinski definition) is 1. The quantitative estimate of drug-likeness (QED) is 0.760. The van der Waals surface area contributed by atoms with Crippen LogP contribution in [0.1, 0.15) is 43.5 Å². The summed E-state index contributed by atoms with van der Waals surface area (Å²) in [6, 6.07) is 2.38. The number of carbonyl (C=O) groups is 1. The molecule has 0 aromatic heterocycles. The molecule has 0 bridgehead atoms. The molecule has 0 spiro atoms. The monoisotopic (exact) mass is 371 g/mol. The second-order valence-electron chi connectivity index (χ2n) is 4.72. The maximum atomic E-state index is 12.2. The molecule has 0 saturated carbocycles. The summed E-state index contributed by atoms with van der Waals surface area (Å²) in [4.78, 5) is 11.8. The highest BCUT2D eigenvalue weighted by Crippen LogP contribution is 2.31.